The van der Waals surface area contributed by atoms with Crippen LogP contribution in [-0.4, -0.2) is 16.1 Å². The van der Waals surface area contributed by atoms with Crippen LogP contribution >= 0.6 is 0 Å². The number of benzene rings is 4. The summed E-state index contributed by atoms with van der Waals surface area (Å²) in [6.45, 7) is 4.82. The van der Waals surface area contributed by atoms with Gasteiger partial charge in [0.1, 0.15) is 5.82 Å². The van der Waals surface area contributed by atoms with E-state index in [1.165, 1.54) is 0 Å². The molecule has 0 fully saturated rings. The summed E-state index contributed by atoms with van der Waals surface area (Å²) in [4.78, 5) is 21.1. The third kappa shape index (κ3) is 3.99. The van der Waals surface area contributed by atoms with E-state index in [0.717, 1.165) is 29.0 Å². The van der Waals surface area contributed by atoms with Crippen molar-refractivity contribution in [1.82, 2.24) is 9.55 Å². The van der Waals surface area contributed by atoms with Crippen molar-refractivity contribution in [2.75, 3.05) is 11.4 Å². The molecule has 0 bridgehead atoms. The number of anilines is 2. The summed E-state index contributed by atoms with van der Waals surface area (Å²) in [5.74, 6) is 0.693. The van der Waals surface area contributed by atoms with E-state index in [1.54, 1.807) is 0 Å². The van der Waals surface area contributed by atoms with Gasteiger partial charge in [0.25, 0.3) is 5.56 Å². The fourth-order valence-corrected chi connectivity index (χ4v) is 4.65. The van der Waals surface area contributed by atoms with Crippen molar-refractivity contribution in [3.8, 4) is 0 Å². The van der Waals surface area contributed by atoms with Crippen LogP contribution in [0, 0.1) is 6.92 Å². The largest absolute Gasteiger partial charge is 0.342 e. The van der Waals surface area contributed by atoms with Gasteiger partial charge in [-0.05, 0) is 55.3 Å². The zero-order valence-corrected chi connectivity index (χ0v) is 19.4. The van der Waals surface area contributed by atoms with Crippen LogP contribution in [0.1, 0.15) is 29.9 Å². The first-order valence-electron chi connectivity index (χ1n) is 11.6. The maximum absolute atomic E-state index is 14.0. The summed E-state index contributed by atoms with van der Waals surface area (Å²) in [7, 11) is 0. The zero-order chi connectivity index (χ0) is 23.5. The highest BCUT2D eigenvalue weighted by atomic mass is 16.1. The van der Waals surface area contributed by atoms with Gasteiger partial charge in [-0.25, -0.2) is 4.98 Å². The second-order valence-electron chi connectivity index (χ2n) is 8.34. The smallest absolute Gasteiger partial charge is 0.262 e. The molecule has 0 spiro atoms. The van der Waals surface area contributed by atoms with Gasteiger partial charge in [0.05, 0.1) is 16.9 Å². The van der Waals surface area contributed by atoms with E-state index in [2.05, 4.69) is 48.2 Å². The molecule has 4 heteroatoms. The molecule has 0 aliphatic carbocycles. The Labute approximate surface area is 199 Å². The summed E-state index contributed by atoms with van der Waals surface area (Å²) < 4.78 is 1.83. The first-order chi connectivity index (χ1) is 16.7. The lowest BCUT2D eigenvalue weighted by atomic mass is 9.98. The molecule has 0 aliphatic heterocycles. The number of aromatic nitrogens is 2. The van der Waals surface area contributed by atoms with Gasteiger partial charge in [0.15, 0.2) is 0 Å². The van der Waals surface area contributed by atoms with Crippen molar-refractivity contribution >= 4 is 22.3 Å². The highest BCUT2D eigenvalue weighted by molar-refractivity contribution is 5.83. The molecule has 34 heavy (non-hydrogen) atoms. The molecule has 0 radical (unpaired) electrons. The van der Waals surface area contributed by atoms with Gasteiger partial charge in [-0.3, -0.25) is 9.36 Å². The van der Waals surface area contributed by atoms with Gasteiger partial charge < -0.3 is 4.90 Å². The predicted molar refractivity (Wildman–Crippen MR) is 140 cm³/mol. The monoisotopic (exact) mass is 445 g/mol. The van der Waals surface area contributed by atoms with Gasteiger partial charge in [0.2, 0.25) is 0 Å². The summed E-state index contributed by atoms with van der Waals surface area (Å²) in [5, 5.41) is 0.620. The van der Waals surface area contributed by atoms with Gasteiger partial charge in [-0.1, -0.05) is 78.9 Å². The van der Waals surface area contributed by atoms with E-state index in [0.29, 0.717) is 16.7 Å². The Morgan fingerprint density at radius 2 is 1.32 bits per heavy atom. The van der Waals surface area contributed by atoms with Crippen LogP contribution in [0.5, 0.6) is 0 Å². The van der Waals surface area contributed by atoms with Crippen LogP contribution < -0.4 is 10.5 Å². The van der Waals surface area contributed by atoms with E-state index < -0.39 is 0 Å². The molecule has 0 saturated carbocycles. The SMILES string of the molecule is CCN(c1ccccc1)c1ccc2nc(C)n(C(c3ccccc3)c3ccccc3)c(=O)c2c1. The molecule has 0 saturated heterocycles. The van der Waals surface area contributed by atoms with Crippen molar-refractivity contribution in [3.05, 3.63) is 136 Å². The number of para-hydroxylation sites is 1. The molecule has 1 aromatic heterocycles. The van der Waals surface area contributed by atoms with Crippen molar-refractivity contribution in [2.45, 2.75) is 19.9 Å². The highest BCUT2D eigenvalue weighted by Gasteiger charge is 2.21. The lowest BCUT2D eigenvalue weighted by Gasteiger charge is -2.25. The Balaban J connectivity index is 1.72. The average Bonchev–Trinajstić information content (AvgIpc) is 2.89. The molecule has 1 heterocycles. The van der Waals surface area contributed by atoms with Crippen molar-refractivity contribution in [1.29, 1.82) is 0 Å². The highest BCUT2D eigenvalue weighted by Crippen LogP contribution is 2.29. The lowest BCUT2D eigenvalue weighted by molar-refractivity contribution is 0.620. The van der Waals surface area contributed by atoms with Gasteiger partial charge >= 0.3 is 0 Å². The third-order valence-electron chi connectivity index (χ3n) is 6.24. The first kappa shape index (κ1) is 21.7. The van der Waals surface area contributed by atoms with E-state index in [9.17, 15) is 4.79 Å². The number of fused-ring (bicyclic) bond motifs is 1. The molecule has 0 unspecified atom stereocenters. The molecular weight excluding hydrogens is 418 g/mol. The van der Waals surface area contributed by atoms with Crippen molar-refractivity contribution in [3.63, 3.8) is 0 Å². The minimum Gasteiger partial charge on any atom is -0.342 e. The zero-order valence-electron chi connectivity index (χ0n) is 19.4. The van der Waals surface area contributed by atoms with Crippen LogP contribution in [0.15, 0.2) is 114 Å². The Morgan fingerprint density at radius 1 is 0.765 bits per heavy atom. The third-order valence-corrected chi connectivity index (χ3v) is 6.24. The molecule has 0 atom stereocenters. The van der Waals surface area contributed by atoms with Crippen LogP contribution in [0.3, 0.4) is 0 Å². The Kier molecular flexibility index (Phi) is 5.96. The minimum atomic E-state index is -0.258. The molecule has 5 aromatic rings. The Hall–Kier alpha value is -4.18. The Morgan fingerprint density at radius 3 is 1.88 bits per heavy atom. The maximum Gasteiger partial charge on any atom is 0.262 e. The van der Waals surface area contributed by atoms with E-state index >= 15 is 0 Å². The summed E-state index contributed by atoms with van der Waals surface area (Å²) in [6.07, 6.45) is 0. The molecule has 4 aromatic carbocycles. The molecule has 4 nitrogen and oxygen atoms in total. The molecular formula is C30H27N3O. The van der Waals surface area contributed by atoms with Crippen LogP contribution in [0.25, 0.3) is 10.9 Å². The first-order valence-corrected chi connectivity index (χ1v) is 11.6. The quantitative estimate of drug-likeness (QED) is 0.299. The number of aryl methyl sites for hydroxylation is 1. The fourth-order valence-electron chi connectivity index (χ4n) is 4.65. The van der Waals surface area contributed by atoms with Crippen LogP contribution in [0.4, 0.5) is 11.4 Å². The second-order valence-corrected chi connectivity index (χ2v) is 8.34. The number of nitrogens with zero attached hydrogens (tertiary/aromatic N) is 3. The van der Waals surface area contributed by atoms with Crippen molar-refractivity contribution in [2.24, 2.45) is 0 Å². The molecule has 5 rings (SSSR count). The average molecular weight is 446 g/mol. The molecule has 0 amide bonds. The summed E-state index contributed by atoms with van der Waals surface area (Å²) in [6, 6.07) is 36.3. The molecule has 0 aliphatic rings. The number of hydrogen-bond acceptors (Lipinski definition) is 3. The summed E-state index contributed by atoms with van der Waals surface area (Å²) in [5.41, 5.74) is 4.85. The van der Waals surface area contributed by atoms with E-state index in [1.807, 2.05) is 84.3 Å². The minimum absolute atomic E-state index is 0.0360. The Bertz CT molecular complexity index is 1420. The van der Waals surface area contributed by atoms with Gasteiger partial charge in [-0.2, -0.15) is 0 Å². The topological polar surface area (TPSA) is 38.1 Å². The predicted octanol–water partition coefficient (Wildman–Crippen LogP) is 6.50. The number of hydrogen-bond donors (Lipinski definition) is 0. The standard InChI is InChI=1S/C30H27N3O/c1-3-32(25-17-11-6-12-18-25)26-19-20-28-27(21-26)30(34)33(22(2)31-28)29(23-13-7-4-8-14-23)24-15-9-5-10-16-24/h4-21,29H,3H2,1-2H3. The lowest BCUT2D eigenvalue weighted by Crippen LogP contribution is -2.29. The summed E-state index contributed by atoms with van der Waals surface area (Å²) >= 11 is 0. The maximum atomic E-state index is 14.0. The molecule has 168 valence electrons. The fraction of sp³-hybridized carbons (Fsp3) is 0.133. The van der Waals surface area contributed by atoms with E-state index in [-0.39, 0.29) is 11.6 Å². The second kappa shape index (κ2) is 9.36. The van der Waals surface area contributed by atoms with Crippen LogP contribution in [-0.2, 0) is 0 Å². The number of rotatable bonds is 6. The van der Waals surface area contributed by atoms with Crippen molar-refractivity contribution < 1.29 is 0 Å². The van der Waals surface area contributed by atoms with Crippen LogP contribution in [0.2, 0.25) is 0 Å². The normalized spacial score (nSPS) is 11.1. The van der Waals surface area contributed by atoms with Gasteiger partial charge in [0, 0.05) is 17.9 Å². The molecule has 0 N–H and O–H groups in total. The van der Waals surface area contributed by atoms with Gasteiger partial charge in [-0.15, -0.1) is 0 Å². The van der Waals surface area contributed by atoms with E-state index in [4.69, 9.17) is 4.98 Å².